The molecule has 2 aromatic rings. The van der Waals surface area contributed by atoms with Gasteiger partial charge in [0.15, 0.2) is 0 Å². The first-order valence-electron chi connectivity index (χ1n) is 7.59. The number of nitrogens with one attached hydrogen (secondary N) is 2. The van der Waals surface area contributed by atoms with Crippen LogP contribution in [-0.4, -0.2) is 41.4 Å². The van der Waals surface area contributed by atoms with Gasteiger partial charge in [0, 0.05) is 31.5 Å². The quantitative estimate of drug-likeness (QED) is 0.704. The fourth-order valence-electron chi connectivity index (χ4n) is 2.14. The van der Waals surface area contributed by atoms with Crippen LogP contribution in [0, 0.1) is 0 Å². The third kappa shape index (κ3) is 5.01. The second-order valence-corrected chi connectivity index (χ2v) is 5.52. The normalized spacial score (nSPS) is 11.6. The van der Waals surface area contributed by atoms with E-state index in [0.717, 1.165) is 5.69 Å². The first kappa shape index (κ1) is 17.3. The van der Waals surface area contributed by atoms with Gasteiger partial charge in [-0.3, -0.25) is 9.48 Å². The van der Waals surface area contributed by atoms with E-state index in [1.54, 1.807) is 6.20 Å². The number of para-hydroxylation sites is 1. The molecule has 24 heavy (non-hydrogen) atoms. The van der Waals surface area contributed by atoms with Crippen LogP contribution in [-0.2, 0) is 11.3 Å². The number of urea groups is 1. The number of amides is 3. The first-order chi connectivity index (χ1) is 11.5. The molecule has 4 N–H and O–H groups in total. The van der Waals surface area contributed by atoms with Gasteiger partial charge < -0.3 is 21.3 Å². The van der Waals surface area contributed by atoms with Gasteiger partial charge >= 0.3 is 6.03 Å². The van der Waals surface area contributed by atoms with Gasteiger partial charge in [-0.1, -0.05) is 18.2 Å². The van der Waals surface area contributed by atoms with Crippen LogP contribution < -0.4 is 21.3 Å². The van der Waals surface area contributed by atoms with E-state index in [2.05, 4.69) is 20.6 Å². The average molecular weight is 330 g/mol. The topological polar surface area (TPSA) is 105 Å². The van der Waals surface area contributed by atoms with Crippen molar-refractivity contribution < 1.29 is 9.59 Å². The summed E-state index contributed by atoms with van der Waals surface area (Å²) in [6.45, 7) is 2.48. The molecule has 0 aliphatic carbocycles. The summed E-state index contributed by atoms with van der Waals surface area (Å²) in [5.74, 6) is -0.494. The molecule has 8 nitrogen and oxygen atoms in total. The Hall–Kier alpha value is -3.03. The first-order valence-corrected chi connectivity index (χ1v) is 7.59. The second kappa shape index (κ2) is 8.00. The number of carbonyl (C=O) groups is 2. The van der Waals surface area contributed by atoms with Crippen molar-refractivity contribution in [3.63, 3.8) is 0 Å². The minimum atomic E-state index is -0.494. The lowest BCUT2D eigenvalue weighted by atomic mass is 10.2. The van der Waals surface area contributed by atoms with E-state index in [0.29, 0.717) is 12.2 Å². The standard InChI is InChI=1S/C16H22N6O2/c1-12(21(2)14-6-4-3-5-7-14)8-18-16(24)20-13-9-19-22(10-13)11-15(17)23/h3-7,9-10,12H,8,11H2,1-2H3,(H2,17,23)(H2,18,20,24). The van der Waals surface area contributed by atoms with Gasteiger partial charge in [-0.2, -0.15) is 5.10 Å². The van der Waals surface area contributed by atoms with E-state index >= 15 is 0 Å². The van der Waals surface area contributed by atoms with Gasteiger partial charge in [0.05, 0.1) is 11.9 Å². The zero-order valence-corrected chi connectivity index (χ0v) is 13.8. The Labute approximate surface area is 140 Å². The number of hydrogen-bond acceptors (Lipinski definition) is 4. The lowest BCUT2D eigenvalue weighted by Crippen LogP contribution is -2.41. The van der Waals surface area contributed by atoms with Gasteiger partial charge in [0.2, 0.25) is 5.91 Å². The van der Waals surface area contributed by atoms with Crippen LogP contribution in [0.3, 0.4) is 0 Å². The molecule has 0 radical (unpaired) electrons. The number of carbonyl (C=O) groups excluding carboxylic acids is 2. The number of rotatable bonds is 7. The van der Waals surface area contributed by atoms with Crippen molar-refractivity contribution in [3.8, 4) is 0 Å². The van der Waals surface area contributed by atoms with Crippen molar-refractivity contribution in [3.05, 3.63) is 42.7 Å². The Morgan fingerprint density at radius 1 is 1.33 bits per heavy atom. The number of primary amides is 1. The molecule has 1 heterocycles. The molecule has 1 aromatic carbocycles. The number of likely N-dealkylation sites (N-methyl/N-ethyl adjacent to an activating group) is 1. The van der Waals surface area contributed by atoms with Gasteiger partial charge in [-0.05, 0) is 19.1 Å². The van der Waals surface area contributed by atoms with Crippen molar-refractivity contribution in [2.75, 3.05) is 23.8 Å². The van der Waals surface area contributed by atoms with Crippen molar-refractivity contribution in [1.29, 1.82) is 0 Å². The van der Waals surface area contributed by atoms with Gasteiger partial charge in [0.25, 0.3) is 0 Å². The van der Waals surface area contributed by atoms with E-state index in [1.807, 2.05) is 44.3 Å². The number of hydrogen-bond donors (Lipinski definition) is 3. The number of aromatic nitrogens is 2. The van der Waals surface area contributed by atoms with Crippen LogP contribution in [0.15, 0.2) is 42.7 Å². The molecule has 3 amide bonds. The van der Waals surface area contributed by atoms with Gasteiger partial charge in [-0.15, -0.1) is 0 Å². The largest absolute Gasteiger partial charge is 0.370 e. The minimum Gasteiger partial charge on any atom is -0.370 e. The predicted molar refractivity (Wildman–Crippen MR) is 92.7 cm³/mol. The third-order valence-corrected chi connectivity index (χ3v) is 3.59. The van der Waals surface area contributed by atoms with Crippen molar-refractivity contribution in [2.24, 2.45) is 5.73 Å². The number of benzene rings is 1. The summed E-state index contributed by atoms with van der Waals surface area (Å²) in [6.07, 6.45) is 3.01. The summed E-state index contributed by atoms with van der Waals surface area (Å²) in [4.78, 5) is 24.8. The van der Waals surface area contributed by atoms with Gasteiger partial charge in [-0.25, -0.2) is 4.79 Å². The molecule has 0 bridgehead atoms. The molecule has 0 fully saturated rings. The smallest absolute Gasteiger partial charge is 0.319 e. The second-order valence-electron chi connectivity index (χ2n) is 5.52. The van der Waals surface area contributed by atoms with Crippen molar-refractivity contribution in [1.82, 2.24) is 15.1 Å². The maximum absolute atomic E-state index is 11.9. The van der Waals surface area contributed by atoms with E-state index < -0.39 is 5.91 Å². The number of nitrogens with zero attached hydrogens (tertiary/aromatic N) is 3. The summed E-state index contributed by atoms with van der Waals surface area (Å²) < 4.78 is 1.36. The molecule has 0 aliphatic heterocycles. The summed E-state index contributed by atoms with van der Waals surface area (Å²) in [7, 11) is 1.98. The molecule has 8 heteroatoms. The summed E-state index contributed by atoms with van der Waals surface area (Å²) in [5.41, 5.74) is 6.67. The molecule has 1 atom stereocenters. The van der Waals surface area contributed by atoms with Crippen LogP contribution >= 0.6 is 0 Å². The molecule has 0 aliphatic rings. The summed E-state index contributed by atoms with van der Waals surface area (Å²) in [6, 6.07) is 9.74. The molecule has 0 saturated heterocycles. The molecular weight excluding hydrogens is 308 g/mol. The highest BCUT2D eigenvalue weighted by Gasteiger charge is 2.12. The van der Waals surface area contributed by atoms with E-state index in [1.165, 1.54) is 10.9 Å². The van der Waals surface area contributed by atoms with Gasteiger partial charge in [0.1, 0.15) is 6.54 Å². The highest BCUT2D eigenvalue weighted by atomic mass is 16.2. The average Bonchev–Trinajstić information content (AvgIpc) is 2.98. The fraction of sp³-hybridized carbons (Fsp3) is 0.312. The fourth-order valence-corrected chi connectivity index (χ4v) is 2.14. The van der Waals surface area contributed by atoms with Crippen LogP contribution in [0.4, 0.5) is 16.2 Å². The van der Waals surface area contributed by atoms with E-state index in [9.17, 15) is 9.59 Å². The molecule has 0 saturated carbocycles. The monoisotopic (exact) mass is 330 g/mol. The Bertz CT molecular complexity index is 685. The Kier molecular flexibility index (Phi) is 5.78. The molecule has 1 unspecified atom stereocenters. The lowest BCUT2D eigenvalue weighted by molar-refractivity contribution is -0.118. The minimum absolute atomic E-state index is 0.0256. The molecule has 128 valence electrons. The highest BCUT2D eigenvalue weighted by molar-refractivity contribution is 5.89. The van der Waals surface area contributed by atoms with E-state index in [-0.39, 0.29) is 18.6 Å². The Morgan fingerprint density at radius 2 is 2.04 bits per heavy atom. The van der Waals surface area contributed by atoms with Crippen molar-refractivity contribution >= 4 is 23.3 Å². The summed E-state index contributed by atoms with van der Waals surface area (Å²) >= 11 is 0. The zero-order valence-electron chi connectivity index (χ0n) is 13.8. The number of anilines is 2. The molecule has 2 rings (SSSR count). The molecule has 0 spiro atoms. The highest BCUT2D eigenvalue weighted by Crippen LogP contribution is 2.13. The van der Waals surface area contributed by atoms with E-state index in [4.69, 9.17) is 5.73 Å². The molecule has 1 aromatic heterocycles. The molecular formula is C16H22N6O2. The number of nitrogens with two attached hydrogens (primary N) is 1. The van der Waals surface area contributed by atoms with Crippen molar-refractivity contribution in [2.45, 2.75) is 19.5 Å². The van der Waals surface area contributed by atoms with Crippen LogP contribution in [0.25, 0.3) is 0 Å². The van der Waals surface area contributed by atoms with Crippen LogP contribution in [0.2, 0.25) is 0 Å². The van der Waals surface area contributed by atoms with Crippen LogP contribution in [0.5, 0.6) is 0 Å². The Morgan fingerprint density at radius 3 is 2.71 bits per heavy atom. The SMILES string of the molecule is CC(CNC(=O)Nc1cnn(CC(N)=O)c1)N(C)c1ccccc1. The maximum Gasteiger partial charge on any atom is 0.319 e. The predicted octanol–water partition coefficient (Wildman–Crippen LogP) is 1.01. The summed E-state index contributed by atoms with van der Waals surface area (Å²) in [5, 5.41) is 9.41. The maximum atomic E-state index is 11.9. The lowest BCUT2D eigenvalue weighted by Gasteiger charge is -2.27. The van der Waals surface area contributed by atoms with Crippen LogP contribution in [0.1, 0.15) is 6.92 Å². The Balaban J connectivity index is 1.80. The zero-order chi connectivity index (χ0) is 17.5. The third-order valence-electron chi connectivity index (χ3n) is 3.59.